The zero-order valence-electron chi connectivity index (χ0n) is 12.2. The van der Waals surface area contributed by atoms with Gasteiger partial charge in [-0.1, -0.05) is 20.8 Å². The molecule has 1 aliphatic rings. The van der Waals surface area contributed by atoms with Crippen LogP contribution >= 0.6 is 0 Å². The maximum Gasteiger partial charge on any atom is 0.408 e. The van der Waals surface area contributed by atoms with E-state index in [4.69, 9.17) is 19.3 Å². The van der Waals surface area contributed by atoms with Gasteiger partial charge in [-0.25, -0.2) is 9.59 Å². The minimum atomic E-state index is -1.07. The van der Waals surface area contributed by atoms with E-state index in [1.54, 1.807) is 0 Å². The normalized spacial score (nSPS) is 19.4. The lowest BCUT2D eigenvalue weighted by Crippen LogP contribution is -2.51. The topological polar surface area (TPSA) is 94.1 Å². The van der Waals surface area contributed by atoms with Crippen LogP contribution in [0.15, 0.2) is 0 Å². The molecule has 0 spiro atoms. The molecule has 0 saturated carbocycles. The Morgan fingerprint density at radius 2 is 1.95 bits per heavy atom. The van der Waals surface area contributed by atoms with Gasteiger partial charge in [0.05, 0.1) is 13.2 Å². The molecule has 1 atom stereocenters. The second-order valence-electron chi connectivity index (χ2n) is 5.41. The van der Waals surface area contributed by atoms with Crippen molar-refractivity contribution >= 4 is 12.1 Å². The molecule has 1 fully saturated rings. The number of carbonyl (C=O) groups excluding carboxylic acids is 1. The summed E-state index contributed by atoms with van der Waals surface area (Å²) in [5.74, 6) is -0.921. The fourth-order valence-electron chi connectivity index (χ4n) is 1.95. The Bertz CT molecular complexity index is 338. The van der Waals surface area contributed by atoms with Gasteiger partial charge < -0.3 is 24.6 Å². The highest BCUT2D eigenvalue weighted by Gasteiger charge is 2.37. The van der Waals surface area contributed by atoms with Crippen LogP contribution in [-0.2, 0) is 19.0 Å². The van der Waals surface area contributed by atoms with Crippen LogP contribution in [-0.4, -0.2) is 48.8 Å². The Kier molecular flexibility index (Phi) is 6.22. The zero-order chi connectivity index (χ0) is 15.2. The number of hydrogen-bond acceptors (Lipinski definition) is 5. The van der Waals surface area contributed by atoms with Crippen molar-refractivity contribution in [3.05, 3.63) is 0 Å². The SMILES string of the molecule is CCC1(OC(=O)NC(CC(C)C)C(=O)O)COCOC1. The maximum atomic E-state index is 11.9. The summed E-state index contributed by atoms with van der Waals surface area (Å²) in [7, 11) is 0. The predicted octanol–water partition coefficient (Wildman–Crippen LogP) is 1.36. The van der Waals surface area contributed by atoms with Crippen LogP contribution in [0.1, 0.15) is 33.6 Å². The van der Waals surface area contributed by atoms with E-state index < -0.39 is 23.7 Å². The molecule has 0 aromatic rings. The van der Waals surface area contributed by atoms with E-state index in [-0.39, 0.29) is 25.9 Å². The van der Waals surface area contributed by atoms with Crippen molar-refractivity contribution in [3.8, 4) is 0 Å². The molecular formula is C13H23NO6. The molecule has 0 aromatic heterocycles. The third kappa shape index (κ3) is 4.97. The molecule has 1 heterocycles. The minimum absolute atomic E-state index is 0.151. The summed E-state index contributed by atoms with van der Waals surface area (Å²) in [6, 6.07) is -0.957. The Morgan fingerprint density at radius 3 is 2.40 bits per heavy atom. The molecule has 2 N–H and O–H groups in total. The molecule has 0 radical (unpaired) electrons. The molecular weight excluding hydrogens is 266 g/mol. The Morgan fingerprint density at radius 1 is 1.35 bits per heavy atom. The fraction of sp³-hybridized carbons (Fsp3) is 0.846. The van der Waals surface area contributed by atoms with E-state index in [1.165, 1.54) is 0 Å². The van der Waals surface area contributed by atoms with Crippen molar-refractivity contribution in [2.24, 2.45) is 5.92 Å². The minimum Gasteiger partial charge on any atom is -0.480 e. The molecule has 0 aliphatic carbocycles. The summed E-state index contributed by atoms with van der Waals surface area (Å²) in [5, 5.41) is 11.5. The van der Waals surface area contributed by atoms with Crippen molar-refractivity contribution in [3.63, 3.8) is 0 Å². The van der Waals surface area contributed by atoms with Crippen molar-refractivity contribution in [1.82, 2.24) is 5.32 Å². The van der Waals surface area contributed by atoms with Crippen molar-refractivity contribution in [2.45, 2.75) is 45.3 Å². The van der Waals surface area contributed by atoms with Crippen LogP contribution in [0.4, 0.5) is 4.79 Å². The van der Waals surface area contributed by atoms with Gasteiger partial charge in [0, 0.05) is 0 Å². The first-order valence-electron chi connectivity index (χ1n) is 6.76. The van der Waals surface area contributed by atoms with Gasteiger partial charge in [0.1, 0.15) is 12.8 Å². The second-order valence-corrected chi connectivity index (χ2v) is 5.41. The molecule has 7 heteroatoms. The van der Waals surface area contributed by atoms with Crippen molar-refractivity contribution in [2.75, 3.05) is 20.0 Å². The number of carbonyl (C=O) groups is 2. The largest absolute Gasteiger partial charge is 0.480 e. The number of amides is 1. The summed E-state index contributed by atoms with van der Waals surface area (Å²) >= 11 is 0. The van der Waals surface area contributed by atoms with E-state index >= 15 is 0 Å². The molecule has 1 aliphatic heterocycles. The quantitative estimate of drug-likeness (QED) is 0.767. The molecule has 20 heavy (non-hydrogen) atoms. The van der Waals surface area contributed by atoms with Crippen LogP contribution < -0.4 is 5.32 Å². The number of carboxylic acids is 1. The van der Waals surface area contributed by atoms with Crippen LogP contribution in [0.3, 0.4) is 0 Å². The predicted molar refractivity (Wildman–Crippen MR) is 70.3 cm³/mol. The van der Waals surface area contributed by atoms with Crippen molar-refractivity contribution in [1.29, 1.82) is 0 Å². The number of hydrogen-bond donors (Lipinski definition) is 2. The molecule has 7 nitrogen and oxygen atoms in total. The maximum absolute atomic E-state index is 11.9. The number of nitrogens with one attached hydrogen (secondary N) is 1. The summed E-state index contributed by atoms with van der Waals surface area (Å²) in [4.78, 5) is 23.0. The van der Waals surface area contributed by atoms with Gasteiger partial charge in [-0.3, -0.25) is 0 Å². The third-order valence-corrected chi connectivity index (χ3v) is 3.15. The van der Waals surface area contributed by atoms with E-state index in [0.717, 1.165) is 0 Å². The number of rotatable bonds is 6. The van der Waals surface area contributed by atoms with Gasteiger partial charge in [-0.2, -0.15) is 0 Å². The highest BCUT2D eigenvalue weighted by Crippen LogP contribution is 2.21. The van der Waals surface area contributed by atoms with Crippen molar-refractivity contribution < 1.29 is 28.9 Å². The lowest BCUT2D eigenvalue weighted by Gasteiger charge is -2.35. The Labute approximate surface area is 118 Å². The number of aliphatic carboxylic acids is 1. The van der Waals surface area contributed by atoms with Crippen LogP contribution in [0, 0.1) is 5.92 Å². The van der Waals surface area contributed by atoms with Gasteiger partial charge in [-0.05, 0) is 18.8 Å². The monoisotopic (exact) mass is 289 g/mol. The third-order valence-electron chi connectivity index (χ3n) is 3.15. The molecule has 1 amide bonds. The molecule has 1 rings (SSSR count). The summed E-state index contributed by atoms with van der Waals surface area (Å²) in [5.41, 5.74) is -0.844. The summed E-state index contributed by atoms with van der Waals surface area (Å²) < 4.78 is 15.6. The number of alkyl carbamates (subject to hydrolysis) is 1. The van der Waals surface area contributed by atoms with Gasteiger partial charge >= 0.3 is 12.1 Å². The summed E-state index contributed by atoms with van der Waals surface area (Å²) in [6.07, 6.45) is 0.118. The molecule has 116 valence electrons. The fourth-order valence-corrected chi connectivity index (χ4v) is 1.95. The van der Waals surface area contributed by atoms with Gasteiger partial charge in [0.25, 0.3) is 0 Å². The van der Waals surface area contributed by atoms with E-state index in [0.29, 0.717) is 12.8 Å². The first kappa shape index (κ1) is 16.7. The van der Waals surface area contributed by atoms with Crippen LogP contribution in [0.2, 0.25) is 0 Å². The van der Waals surface area contributed by atoms with E-state index in [2.05, 4.69) is 5.32 Å². The lowest BCUT2D eigenvalue weighted by molar-refractivity contribution is -0.200. The Balaban J connectivity index is 2.57. The number of ether oxygens (including phenoxy) is 3. The molecule has 0 bridgehead atoms. The first-order chi connectivity index (χ1) is 9.38. The number of carboxylic acid groups (broad SMARTS) is 1. The lowest BCUT2D eigenvalue weighted by atomic mass is 10.0. The van der Waals surface area contributed by atoms with Gasteiger partial charge in [-0.15, -0.1) is 0 Å². The van der Waals surface area contributed by atoms with Gasteiger partial charge in [0.15, 0.2) is 5.60 Å². The molecule has 1 unspecified atom stereocenters. The zero-order valence-corrected chi connectivity index (χ0v) is 12.2. The highest BCUT2D eigenvalue weighted by molar-refractivity contribution is 5.80. The van der Waals surface area contributed by atoms with Crippen LogP contribution in [0.25, 0.3) is 0 Å². The smallest absolute Gasteiger partial charge is 0.408 e. The highest BCUT2D eigenvalue weighted by atomic mass is 16.7. The molecule has 1 saturated heterocycles. The standard InChI is InChI=1S/C13H23NO6/c1-4-13(6-18-8-19-7-13)20-12(17)14-10(11(15)16)5-9(2)3/h9-10H,4-8H2,1-3H3,(H,14,17)(H,15,16). The molecule has 0 aromatic carbocycles. The second kappa shape index (κ2) is 7.44. The average Bonchev–Trinajstić information content (AvgIpc) is 2.38. The summed E-state index contributed by atoms with van der Waals surface area (Å²) in [6.45, 7) is 6.31. The van der Waals surface area contributed by atoms with Gasteiger partial charge in [0.2, 0.25) is 0 Å². The average molecular weight is 289 g/mol. The first-order valence-corrected chi connectivity index (χ1v) is 6.76. The Hall–Kier alpha value is -1.34. The van der Waals surface area contributed by atoms with Crippen LogP contribution in [0.5, 0.6) is 0 Å². The van der Waals surface area contributed by atoms with E-state index in [9.17, 15) is 9.59 Å². The van der Waals surface area contributed by atoms with E-state index in [1.807, 2.05) is 20.8 Å².